The molecule has 0 fully saturated rings. The van der Waals surface area contributed by atoms with E-state index in [4.69, 9.17) is 11.6 Å². The summed E-state index contributed by atoms with van der Waals surface area (Å²) >= 11 is 6.37. The van der Waals surface area contributed by atoms with Crippen LogP contribution in [0, 0.1) is 6.92 Å². The zero-order valence-electron chi connectivity index (χ0n) is 10.1. The number of nitrogens with zero attached hydrogens (tertiary/aromatic N) is 3. The monoisotopic (exact) mass is 237 g/mol. The largest absolute Gasteiger partial charge is 0.233 e. The van der Waals surface area contributed by atoms with Gasteiger partial charge in [-0.3, -0.25) is 0 Å². The van der Waals surface area contributed by atoms with E-state index in [1.807, 2.05) is 13.1 Å². The van der Waals surface area contributed by atoms with Crippen molar-refractivity contribution < 1.29 is 0 Å². The van der Waals surface area contributed by atoms with E-state index in [2.05, 4.69) is 30.9 Å². The number of fused-ring (bicyclic) bond motifs is 1. The van der Waals surface area contributed by atoms with Crippen molar-refractivity contribution in [3.63, 3.8) is 0 Å². The molecule has 0 aliphatic carbocycles. The van der Waals surface area contributed by atoms with Gasteiger partial charge in [0.15, 0.2) is 5.65 Å². The summed E-state index contributed by atoms with van der Waals surface area (Å²) in [5.41, 5.74) is 4.11. The highest BCUT2D eigenvalue weighted by atomic mass is 35.5. The van der Waals surface area contributed by atoms with Crippen LogP contribution < -0.4 is 0 Å². The normalized spacial score (nSPS) is 11.6. The van der Waals surface area contributed by atoms with Crippen molar-refractivity contribution in [2.45, 2.75) is 40.0 Å². The number of hydrogen-bond acceptors (Lipinski definition) is 2. The second-order valence-electron chi connectivity index (χ2n) is 4.32. The molecule has 0 unspecified atom stereocenters. The van der Waals surface area contributed by atoms with Crippen LogP contribution in [-0.4, -0.2) is 14.6 Å². The molecule has 0 atom stereocenters. The van der Waals surface area contributed by atoms with Gasteiger partial charge >= 0.3 is 0 Å². The van der Waals surface area contributed by atoms with Gasteiger partial charge in [-0.05, 0) is 19.3 Å². The second-order valence-corrected chi connectivity index (χ2v) is 4.67. The van der Waals surface area contributed by atoms with Crippen molar-refractivity contribution in [2.75, 3.05) is 0 Å². The third kappa shape index (κ3) is 1.59. The topological polar surface area (TPSA) is 30.2 Å². The van der Waals surface area contributed by atoms with Gasteiger partial charge in [0.2, 0.25) is 0 Å². The molecule has 0 amide bonds. The van der Waals surface area contributed by atoms with Crippen molar-refractivity contribution in [3.8, 4) is 0 Å². The predicted molar refractivity (Wildman–Crippen MR) is 66.2 cm³/mol. The van der Waals surface area contributed by atoms with Gasteiger partial charge in [-0.1, -0.05) is 32.4 Å². The molecule has 3 nitrogen and oxygen atoms in total. The summed E-state index contributed by atoms with van der Waals surface area (Å²) < 4.78 is 1.74. The van der Waals surface area contributed by atoms with Gasteiger partial charge in [0, 0.05) is 16.8 Å². The molecular formula is C12H16ClN3. The average Bonchev–Trinajstić information content (AvgIpc) is 2.60. The van der Waals surface area contributed by atoms with Crippen molar-refractivity contribution in [3.05, 3.63) is 28.2 Å². The molecule has 0 aromatic carbocycles. The summed E-state index contributed by atoms with van der Waals surface area (Å²) in [6.07, 6.45) is 2.77. The molecule has 0 aliphatic heterocycles. The van der Waals surface area contributed by atoms with Crippen LogP contribution in [0.25, 0.3) is 5.65 Å². The zero-order chi connectivity index (χ0) is 11.9. The molecule has 86 valence electrons. The van der Waals surface area contributed by atoms with E-state index in [9.17, 15) is 0 Å². The molecule has 0 N–H and O–H groups in total. The van der Waals surface area contributed by atoms with E-state index in [0.29, 0.717) is 11.1 Å². The first-order chi connectivity index (χ1) is 7.56. The molecule has 0 spiro atoms. The molecule has 2 aromatic rings. The lowest BCUT2D eigenvalue weighted by Crippen LogP contribution is -2.04. The number of aryl methyl sites for hydroxylation is 2. The van der Waals surface area contributed by atoms with Gasteiger partial charge in [0.05, 0.1) is 6.20 Å². The minimum Gasteiger partial charge on any atom is -0.233 e. The Morgan fingerprint density at radius 1 is 1.44 bits per heavy atom. The van der Waals surface area contributed by atoms with Gasteiger partial charge in [-0.25, -0.2) is 9.50 Å². The van der Waals surface area contributed by atoms with Gasteiger partial charge < -0.3 is 0 Å². The maximum absolute atomic E-state index is 6.37. The van der Waals surface area contributed by atoms with Crippen molar-refractivity contribution >= 4 is 17.2 Å². The Balaban J connectivity index is 2.80. The van der Waals surface area contributed by atoms with Gasteiger partial charge in [-0.2, -0.15) is 5.10 Å². The fourth-order valence-corrected chi connectivity index (χ4v) is 2.51. The Labute approximate surface area is 100 Å². The van der Waals surface area contributed by atoms with Crippen LogP contribution in [0.4, 0.5) is 0 Å². The molecule has 2 heterocycles. The molecule has 4 heteroatoms. The first kappa shape index (κ1) is 11.4. The van der Waals surface area contributed by atoms with E-state index in [0.717, 1.165) is 28.9 Å². The molecule has 0 bridgehead atoms. The number of aromatic nitrogens is 3. The Hall–Kier alpha value is -1.09. The second kappa shape index (κ2) is 4.06. The summed E-state index contributed by atoms with van der Waals surface area (Å²) in [5, 5.41) is 4.99. The molecule has 0 radical (unpaired) electrons. The minimum atomic E-state index is 0.360. The lowest BCUT2D eigenvalue weighted by atomic mass is 10.0. The number of hydrogen-bond donors (Lipinski definition) is 0. The fourth-order valence-electron chi connectivity index (χ4n) is 2.03. The molecular weight excluding hydrogens is 222 g/mol. The summed E-state index contributed by atoms with van der Waals surface area (Å²) in [6.45, 7) is 8.34. The third-order valence-electron chi connectivity index (χ3n) is 2.85. The Kier molecular flexibility index (Phi) is 2.89. The molecule has 16 heavy (non-hydrogen) atoms. The Morgan fingerprint density at radius 3 is 2.69 bits per heavy atom. The highest BCUT2D eigenvalue weighted by molar-refractivity contribution is 6.30. The fraction of sp³-hybridized carbons (Fsp3) is 0.500. The van der Waals surface area contributed by atoms with E-state index in [1.54, 1.807) is 4.52 Å². The van der Waals surface area contributed by atoms with E-state index in [1.165, 1.54) is 0 Å². The van der Waals surface area contributed by atoms with Crippen LogP contribution in [0.5, 0.6) is 0 Å². The maximum atomic E-state index is 6.37. The Bertz CT molecular complexity index is 529. The predicted octanol–water partition coefficient (Wildman–Crippen LogP) is 3.38. The van der Waals surface area contributed by atoms with E-state index in [-0.39, 0.29) is 0 Å². The zero-order valence-corrected chi connectivity index (χ0v) is 10.8. The quantitative estimate of drug-likeness (QED) is 0.750. The summed E-state index contributed by atoms with van der Waals surface area (Å²) in [7, 11) is 0. The first-order valence-electron chi connectivity index (χ1n) is 5.58. The smallest absolute Gasteiger partial charge is 0.160 e. The molecule has 0 aliphatic rings. The lowest BCUT2D eigenvalue weighted by molar-refractivity contribution is 0.806. The lowest BCUT2D eigenvalue weighted by Gasteiger charge is -2.12. The van der Waals surface area contributed by atoms with Crippen LogP contribution in [0.1, 0.15) is 43.5 Å². The van der Waals surface area contributed by atoms with Crippen molar-refractivity contribution in [2.24, 2.45) is 0 Å². The van der Waals surface area contributed by atoms with Gasteiger partial charge in [0.25, 0.3) is 0 Å². The first-order valence-corrected chi connectivity index (χ1v) is 5.96. The molecule has 2 rings (SSSR count). The highest BCUT2D eigenvalue weighted by Crippen LogP contribution is 2.28. The van der Waals surface area contributed by atoms with Gasteiger partial charge in [-0.15, -0.1) is 0 Å². The van der Waals surface area contributed by atoms with Crippen LogP contribution in [0.15, 0.2) is 6.20 Å². The van der Waals surface area contributed by atoms with Crippen LogP contribution in [-0.2, 0) is 6.42 Å². The van der Waals surface area contributed by atoms with Crippen LogP contribution in [0.2, 0.25) is 5.15 Å². The highest BCUT2D eigenvalue weighted by Gasteiger charge is 2.16. The maximum Gasteiger partial charge on any atom is 0.160 e. The van der Waals surface area contributed by atoms with E-state index >= 15 is 0 Å². The summed E-state index contributed by atoms with van der Waals surface area (Å²) in [6, 6.07) is 0. The number of rotatable bonds is 2. The molecule has 0 saturated heterocycles. The SMILES string of the molecule is CCc1cnn2c(Cl)c(C(C)C)c(C)nc12. The van der Waals surface area contributed by atoms with Crippen LogP contribution in [0.3, 0.4) is 0 Å². The molecule has 2 aromatic heterocycles. The summed E-state index contributed by atoms with van der Waals surface area (Å²) in [4.78, 5) is 4.60. The minimum absolute atomic E-state index is 0.360. The molecule has 0 saturated carbocycles. The average molecular weight is 238 g/mol. The third-order valence-corrected chi connectivity index (χ3v) is 3.21. The number of halogens is 1. The van der Waals surface area contributed by atoms with Crippen molar-refractivity contribution in [1.82, 2.24) is 14.6 Å². The van der Waals surface area contributed by atoms with Crippen molar-refractivity contribution in [1.29, 1.82) is 0 Å². The van der Waals surface area contributed by atoms with E-state index < -0.39 is 0 Å². The Morgan fingerprint density at radius 2 is 2.12 bits per heavy atom. The standard InChI is InChI=1S/C12H16ClN3/c1-5-9-6-14-16-11(13)10(7(2)3)8(4)15-12(9)16/h6-7H,5H2,1-4H3. The van der Waals surface area contributed by atoms with Gasteiger partial charge in [0.1, 0.15) is 5.15 Å². The van der Waals surface area contributed by atoms with Crippen LogP contribution >= 0.6 is 11.6 Å². The summed E-state index contributed by atoms with van der Waals surface area (Å²) in [5.74, 6) is 0.360.